The van der Waals surface area contributed by atoms with Gasteiger partial charge in [0, 0.05) is 35.4 Å². The quantitative estimate of drug-likeness (QED) is 0.806. The molecule has 0 saturated heterocycles. The highest BCUT2D eigenvalue weighted by Crippen LogP contribution is 2.23. The van der Waals surface area contributed by atoms with Gasteiger partial charge in [-0.25, -0.2) is 0 Å². The second kappa shape index (κ2) is 4.62. The van der Waals surface area contributed by atoms with E-state index in [0.29, 0.717) is 6.42 Å². The molecule has 0 N–H and O–H groups in total. The Bertz CT molecular complexity index is 600. The number of ketones is 1. The van der Waals surface area contributed by atoms with Gasteiger partial charge >= 0.3 is 0 Å². The minimum absolute atomic E-state index is 0.279. The number of rotatable bonds is 2. The fourth-order valence-corrected chi connectivity index (χ4v) is 2.78. The molecule has 0 fully saturated rings. The molecule has 3 rings (SSSR count). The van der Waals surface area contributed by atoms with Crippen molar-refractivity contribution in [3.05, 3.63) is 58.4 Å². The fourth-order valence-electron chi connectivity index (χ4n) is 2.57. The van der Waals surface area contributed by atoms with E-state index in [4.69, 9.17) is 11.6 Å². The van der Waals surface area contributed by atoms with Gasteiger partial charge < -0.3 is 4.57 Å². The summed E-state index contributed by atoms with van der Waals surface area (Å²) in [5, 5.41) is 0.754. The highest BCUT2D eigenvalue weighted by molar-refractivity contribution is 6.30. The molecule has 2 aromatic rings. The Labute approximate surface area is 111 Å². The lowest BCUT2D eigenvalue weighted by molar-refractivity contribution is 0.0972. The van der Waals surface area contributed by atoms with Gasteiger partial charge in [-0.05, 0) is 36.6 Å². The van der Waals surface area contributed by atoms with Gasteiger partial charge in [-0.15, -0.1) is 0 Å². The van der Waals surface area contributed by atoms with Crippen LogP contribution in [0.3, 0.4) is 0 Å². The van der Waals surface area contributed by atoms with E-state index in [9.17, 15) is 4.79 Å². The Morgan fingerprint density at radius 2 is 2.11 bits per heavy atom. The molecule has 18 heavy (non-hydrogen) atoms. The first-order valence-electron chi connectivity index (χ1n) is 6.20. The van der Waals surface area contributed by atoms with E-state index >= 15 is 0 Å². The number of fused-ring (bicyclic) bond motifs is 1. The zero-order valence-corrected chi connectivity index (χ0v) is 10.8. The monoisotopic (exact) mass is 259 g/mol. The van der Waals surface area contributed by atoms with Crippen LogP contribution in [0.25, 0.3) is 0 Å². The zero-order valence-electron chi connectivity index (χ0n) is 10.0. The van der Waals surface area contributed by atoms with E-state index in [2.05, 4.69) is 10.6 Å². The summed E-state index contributed by atoms with van der Waals surface area (Å²) in [5.74, 6) is 0.279. The highest BCUT2D eigenvalue weighted by atomic mass is 35.5. The number of hydrogen-bond acceptors (Lipinski definition) is 1. The summed E-state index contributed by atoms with van der Waals surface area (Å²) in [7, 11) is 0. The maximum Gasteiger partial charge on any atom is 0.164 e. The summed E-state index contributed by atoms with van der Waals surface area (Å²) < 4.78 is 2.16. The lowest BCUT2D eigenvalue weighted by Crippen LogP contribution is -2.13. The van der Waals surface area contributed by atoms with E-state index in [-0.39, 0.29) is 5.78 Å². The number of hydrogen-bond donors (Lipinski definition) is 0. The maximum atomic E-state index is 11.8. The summed E-state index contributed by atoms with van der Waals surface area (Å²) in [5.41, 5.74) is 3.24. The van der Waals surface area contributed by atoms with Crippen LogP contribution < -0.4 is 0 Å². The van der Waals surface area contributed by atoms with Crippen molar-refractivity contribution >= 4 is 17.4 Å². The van der Waals surface area contributed by atoms with Gasteiger partial charge in [-0.1, -0.05) is 23.7 Å². The van der Waals surface area contributed by atoms with Crippen molar-refractivity contribution in [2.75, 3.05) is 0 Å². The fraction of sp³-hybridized carbons (Fsp3) is 0.267. The molecule has 92 valence electrons. The molecule has 0 spiro atoms. The second-order valence-electron chi connectivity index (χ2n) is 4.71. The lowest BCUT2D eigenvalue weighted by Gasteiger charge is -2.15. The molecule has 0 unspecified atom stereocenters. The molecule has 0 amide bonds. The van der Waals surface area contributed by atoms with E-state index < -0.39 is 0 Å². The number of carbonyl (C=O) groups excluding carboxylic acids is 1. The zero-order chi connectivity index (χ0) is 12.5. The topological polar surface area (TPSA) is 22.0 Å². The molecular weight excluding hydrogens is 246 g/mol. The van der Waals surface area contributed by atoms with Gasteiger partial charge in [0.2, 0.25) is 0 Å². The predicted octanol–water partition coefficient (Wildman–Crippen LogP) is 3.71. The smallest absolute Gasteiger partial charge is 0.164 e. The molecule has 0 aliphatic heterocycles. The van der Waals surface area contributed by atoms with Crippen molar-refractivity contribution in [3.63, 3.8) is 0 Å². The van der Waals surface area contributed by atoms with E-state index in [1.165, 1.54) is 11.3 Å². The Morgan fingerprint density at radius 1 is 1.22 bits per heavy atom. The molecule has 1 aliphatic rings. The van der Waals surface area contributed by atoms with Crippen LogP contribution >= 0.6 is 11.6 Å². The van der Waals surface area contributed by atoms with Crippen molar-refractivity contribution < 1.29 is 4.79 Å². The minimum Gasteiger partial charge on any atom is -0.346 e. The van der Waals surface area contributed by atoms with Gasteiger partial charge in [-0.2, -0.15) is 0 Å². The summed E-state index contributed by atoms with van der Waals surface area (Å²) >= 11 is 5.99. The number of carbonyl (C=O) groups is 1. The Hall–Kier alpha value is -1.54. The molecule has 1 heterocycles. The van der Waals surface area contributed by atoms with Gasteiger partial charge in [-0.3, -0.25) is 4.79 Å². The first-order valence-corrected chi connectivity index (χ1v) is 6.57. The molecule has 0 radical (unpaired) electrons. The van der Waals surface area contributed by atoms with Crippen LogP contribution in [-0.2, 0) is 13.0 Å². The van der Waals surface area contributed by atoms with E-state index in [0.717, 1.165) is 30.0 Å². The summed E-state index contributed by atoms with van der Waals surface area (Å²) in [6, 6.07) is 9.81. The summed E-state index contributed by atoms with van der Waals surface area (Å²) in [6.07, 6.45) is 4.66. The van der Waals surface area contributed by atoms with Crippen molar-refractivity contribution in [1.82, 2.24) is 4.57 Å². The molecule has 2 nitrogen and oxygen atoms in total. The molecule has 1 aromatic carbocycles. The van der Waals surface area contributed by atoms with Crippen molar-refractivity contribution in [2.45, 2.75) is 25.8 Å². The molecule has 0 bridgehead atoms. The lowest BCUT2D eigenvalue weighted by atomic mass is 9.97. The average molecular weight is 260 g/mol. The van der Waals surface area contributed by atoms with Crippen LogP contribution in [-0.4, -0.2) is 10.4 Å². The average Bonchev–Trinajstić information content (AvgIpc) is 2.74. The molecule has 3 heteroatoms. The summed E-state index contributed by atoms with van der Waals surface area (Å²) in [4.78, 5) is 11.8. The van der Waals surface area contributed by atoms with Crippen molar-refractivity contribution in [1.29, 1.82) is 0 Å². The summed E-state index contributed by atoms with van der Waals surface area (Å²) in [6.45, 7) is 0.781. The number of benzene rings is 1. The van der Waals surface area contributed by atoms with Crippen LogP contribution in [0.4, 0.5) is 0 Å². The molecule has 0 saturated carbocycles. The van der Waals surface area contributed by atoms with Crippen molar-refractivity contribution in [3.8, 4) is 0 Å². The van der Waals surface area contributed by atoms with Crippen LogP contribution in [0.5, 0.6) is 0 Å². The number of nitrogens with zero attached hydrogens (tertiary/aromatic N) is 1. The third kappa shape index (κ3) is 2.08. The van der Waals surface area contributed by atoms with E-state index in [1.807, 2.05) is 30.5 Å². The largest absolute Gasteiger partial charge is 0.346 e. The first kappa shape index (κ1) is 11.5. The third-order valence-corrected chi connectivity index (χ3v) is 3.67. The Kier molecular flexibility index (Phi) is 2.96. The molecule has 0 atom stereocenters. The van der Waals surface area contributed by atoms with Crippen LogP contribution in [0.1, 0.15) is 34.5 Å². The van der Waals surface area contributed by atoms with Gasteiger partial charge in [0.15, 0.2) is 5.78 Å². The van der Waals surface area contributed by atoms with Crippen LogP contribution in [0, 0.1) is 0 Å². The second-order valence-corrected chi connectivity index (χ2v) is 5.15. The standard InChI is InChI=1S/C15H14ClNO/c16-12-4-1-3-11(9-12)10-17-8-7-13-14(17)5-2-6-15(13)18/h1,3-4,7-9H,2,5-6,10H2. The number of Topliss-reactive ketones (excluding diaryl/α,β-unsaturated/α-hetero) is 1. The Balaban J connectivity index is 1.92. The molecule has 1 aromatic heterocycles. The Morgan fingerprint density at radius 3 is 2.94 bits per heavy atom. The predicted molar refractivity (Wildman–Crippen MR) is 72.3 cm³/mol. The van der Waals surface area contributed by atoms with Crippen LogP contribution in [0.15, 0.2) is 36.5 Å². The molecular formula is C15H14ClNO. The normalized spacial score (nSPS) is 14.6. The van der Waals surface area contributed by atoms with Crippen molar-refractivity contribution in [2.24, 2.45) is 0 Å². The van der Waals surface area contributed by atoms with E-state index in [1.54, 1.807) is 0 Å². The first-order chi connectivity index (χ1) is 8.74. The van der Waals surface area contributed by atoms with Gasteiger partial charge in [0.25, 0.3) is 0 Å². The number of aromatic nitrogens is 1. The maximum absolute atomic E-state index is 11.8. The SMILES string of the molecule is O=C1CCCc2c1ccn2Cc1cccc(Cl)c1. The van der Waals surface area contributed by atoms with Crippen LogP contribution in [0.2, 0.25) is 5.02 Å². The highest BCUT2D eigenvalue weighted by Gasteiger charge is 2.20. The molecule has 1 aliphatic carbocycles. The minimum atomic E-state index is 0.279. The number of halogens is 1. The third-order valence-electron chi connectivity index (χ3n) is 3.44. The van der Waals surface area contributed by atoms with Gasteiger partial charge in [0.05, 0.1) is 0 Å². The van der Waals surface area contributed by atoms with Gasteiger partial charge in [0.1, 0.15) is 0 Å².